The molecule has 0 spiro atoms. The highest BCUT2D eigenvalue weighted by molar-refractivity contribution is 5.75. The van der Waals surface area contributed by atoms with E-state index in [4.69, 9.17) is 5.11 Å². The zero-order chi connectivity index (χ0) is 13.4. The van der Waals surface area contributed by atoms with Gasteiger partial charge in [0.05, 0.1) is 13.7 Å². The van der Waals surface area contributed by atoms with Crippen LogP contribution in [0.3, 0.4) is 0 Å². The minimum Gasteiger partial charge on any atom is -0.468 e. The maximum atomic E-state index is 11.4. The van der Waals surface area contributed by atoms with E-state index in [0.29, 0.717) is 0 Å². The Labute approximate surface area is 107 Å². The van der Waals surface area contributed by atoms with Crippen LogP contribution in [0.15, 0.2) is 48.1 Å². The summed E-state index contributed by atoms with van der Waals surface area (Å²) in [6, 6.07) is 9.85. The average Bonchev–Trinajstić information content (AvgIpc) is 2.40. The van der Waals surface area contributed by atoms with Crippen LogP contribution in [0.2, 0.25) is 0 Å². The highest BCUT2D eigenvalue weighted by atomic mass is 16.5. The molecule has 0 heterocycles. The van der Waals surface area contributed by atoms with Crippen LogP contribution in [0.5, 0.6) is 0 Å². The Morgan fingerprint density at radius 3 is 2.61 bits per heavy atom. The number of carbonyl (C=O) groups is 1. The van der Waals surface area contributed by atoms with Gasteiger partial charge in [-0.3, -0.25) is 4.79 Å². The van der Waals surface area contributed by atoms with Gasteiger partial charge in [-0.05, 0) is 12.5 Å². The minimum atomic E-state index is -0.588. The SMILES string of the molecule is COC(=O)[C@H](CO)/C(C)=C\C=C\c1ccccc1. The first kappa shape index (κ1) is 14.2. The van der Waals surface area contributed by atoms with Crippen molar-refractivity contribution in [1.82, 2.24) is 0 Å². The molecule has 1 aromatic carbocycles. The lowest BCUT2D eigenvalue weighted by molar-refractivity contribution is -0.145. The van der Waals surface area contributed by atoms with Crippen LogP contribution in [0.1, 0.15) is 12.5 Å². The first-order chi connectivity index (χ1) is 8.69. The van der Waals surface area contributed by atoms with Crippen molar-refractivity contribution in [2.24, 2.45) is 5.92 Å². The van der Waals surface area contributed by atoms with Crippen molar-refractivity contribution in [3.05, 3.63) is 53.6 Å². The van der Waals surface area contributed by atoms with Crippen LogP contribution in [0, 0.1) is 5.92 Å². The fraction of sp³-hybridized carbons (Fsp3) is 0.267. The molecule has 0 radical (unpaired) electrons. The van der Waals surface area contributed by atoms with Gasteiger partial charge in [0, 0.05) is 0 Å². The van der Waals surface area contributed by atoms with Crippen molar-refractivity contribution >= 4 is 12.0 Å². The lowest BCUT2D eigenvalue weighted by Gasteiger charge is -2.11. The topological polar surface area (TPSA) is 46.5 Å². The first-order valence-electron chi connectivity index (χ1n) is 5.77. The van der Waals surface area contributed by atoms with Gasteiger partial charge in [0.2, 0.25) is 0 Å². The van der Waals surface area contributed by atoms with E-state index < -0.39 is 11.9 Å². The molecule has 1 N–H and O–H groups in total. The lowest BCUT2D eigenvalue weighted by Crippen LogP contribution is -2.20. The molecule has 96 valence electrons. The Morgan fingerprint density at radius 2 is 2.06 bits per heavy atom. The third-order valence-electron chi connectivity index (χ3n) is 2.67. The summed E-state index contributed by atoms with van der Waals surface area (Å²) in [6.45, 7) is 1.56. The number of hydrogen-bond acceptors (Lipinski definition) is 3. The maximum Gasteiger partial charge on any atom is 0.315 e. The Balaban J connectivity index is 2.71. The first-order valence-corrected chi connectivity index (χ1v) is 5.77. The molecule has 1 rings (SSSR count). The highest BCUT2D eigenvalue weighted by Crippen LogP contribution is 2.12. The molecular weight excluding hydrogens is 228 g/mol. The van der Waals surface area contributed by atoms with Gasteiger partial charge in [0.25, 0.3) is 0 Å². The number of aliphatic hydroxyl groups is 1. The molecule has 0 amide bonds. The maximum absolute atomic E-state index is 11.4. The van der Waals surface area contributed by atoms with Crippen LogP contribution in [0.4, 0.5) is 0 Å². The predicted octanol–water partition coefficient (Wildman–Crippen LogP) is 2.43. The summed E-state index contributed by atoms with van der Waals surface area (Å²) in [5, 5.41) is 9.15. The van der Waals surface area contributed by atoms with Gasteiger partial charge in [-0.25, -0.2) is 0 Å². The van der Waals surface area contributed by atoms with E-state index in [1.807, 2.05) is 48.6 Å². The molecule has 0 fully saturated rings. The summed E-state index contributed by atoms with van der Waals surface area (Å²) in [6.07, 6.45) is 5.61. The zero-order valence-corrected chi connectivity index (χ0v) is 10.7. The monoisotopic (exact) mass is 246 g/mol. The van der Waals surface area contributed by atoms with Crippen molar-refractivity contribution in [3.8, 4) is 0 Å². The van der Waals surface area contributed by atoms with E-state index in [9.17, 15) is 4.79 Å². The molecule has 3 nitrogen and oxygen atoms in total. The number of benzene rings is 1. The molecule has 0 saturated carbocycles. The van der Waals surface area contributed by atoms with Crippen LogP contribution in [-0.2, 0) is 9.53 Å². The summed E-state index contributed by atoms with van der Waals surface area (Å²) in [5.74, 6) is -1.00. The number of allylic oxidation sites excluding steroid dienone is 2. The van der Waals surface area contributed by atoms with Gasteiger partial charge in [0.15, 0.2) is 0 Å². The van der Waals surface area contributed by atoms with Crippen LogP contribution < -0.4 is 0 Å². The van der Waals surface area contributed by atoms with Gasteiger partial charge < -0.3 is 9.84 Å². The number of carbonyl (C=O) groups excluding carboxylic acids is 1. The van der Waals surface area contributed by atoms with Gasteiger partial charge in [-0.1, -0.05) is 54.1 Å². The average molecular weight is 246 g/mol. The summed E-state index contributed by atoms with van der Waals surface area (Å²) >= 11 is 0. The second-order valence-corrected chi connectivity index (χ2v) is 3.94. The molecular formula is C15H18O3. The van der Waals surface area contributed by atoms with Crippen LogP contribution in [-0.4, -0.2) is 24.8 Å². The number of ether oxygens (including phenoxy) is 1. The normalized spacial score (nSPS) is 13.6. The summed E-state index contributed by atoms with van der Waals surface area (Å²) in [4.78, 5) is 11.4. The molecule has 0 aliphatic carbocycles. The van der Waals surface area contributed by atoms with Gasteiger partial charge in [-0.2, -0.15) is 0 Å². The molecule has 1 atom stereocenters. The molecule has 0 aliphatic heterocycles. The molecule has 0 unspecified atom stereocenters. The number of esters is 1. The third-order valence-corrected chi connectivity index (χ3v) is 2.67. The second-order valence-electron chi connectivity index (χ2n) is 3.94. The Hall–Kier alpha value is -1.87. The number of methoxy groups -OCH3 is 1. The van der Waals surface area contributed by atoms with Gasteiger partial charge >= 0.3 is 5.97 Å². The summed E-state index contributed by atoms with van der Waals surface area (Å²) < 4.78 is 4.63. The van der Waals surface area contributed by atoms with Crippen molar-refractivity contribution in [2.75, 3.05) is 13.7 Å². The van der Waals surface area contributed by atoms with E-state index >= 15 is 0 Å². The molecule has 0 saturated heterocycles. The number of rotatable bonds is 5. The van der Waals surface area contributed by atoms with Crippen molar-refractivity contribution < 1.29 is 14.6 Å². The van der Waals surface area contributed by atoms with Crippen LogP contribution >= 0.6 is 0 Å². The number of aliphatic hydroxyl groups excluding tert-OH is 1. The van der Waals surface area contributed by atoms with Crippen molar-refractivity contribution in [1.29, 1.82) is 0 Å². The molecule has 1 aromatic rings. The standard InChI is InChI=1S/C15H18O3/c1-12(14(11-16)15(17)18-2)7-6-10-13-8-4-3-5-9-13/h3-10,14,16H,11H2,1-2H3/b10-6+,12-7-/t14-/m1/s1. The van der Waals surface area contributed by atoms with E-state index in [0.717, 1.165) is 11.1 Å². The number of hydrogen-bond donors (Lipinski definition) is 1. The minimum absolute atomic E-state index is 0.242. The Morgan fingerprint density at radius 1 is 1.39 bits per heavy atom. The van der Waals surface area contributed by atoms with Crippen molar-refractivity contribution in [3.63, 3.8) is 0 Å². The Kier molecular flexibility index (Phi) is 5.88. The van der Waals surface area contributed by atoms with E-state index in [2.05, 4.69) is 4.74 Å². The molecule has 0 aliphatic rings. The summed E-state index contributed by atoms with van der Waals surface area (Å²) in [5.41, 5.74) is 1.86. The van der Waals surface area contributed by atoms with Crippen molar-refractivity contribution in [2.45, 2.75) is 6.92 Å². The fourth-order valence-electron chi connectivity index (χ4n) is 1.54. The molecule has 0 aromatic heterocycles. The van der Waals surface area contributed by atoms with Gasteiger partial charge in [0.1, 0.15) is 5.92 Å². The Bertz CT molecular complexity index is 432. The lowest BCUT2D eigenvalue weighted by atomic mass is 10.0. The fourth-order valence-corrected chi connectivity index (χ4v) is 1.54. The quantitative estimate of drug-likeness (QED) is 0.641. The predicted molar refractivity (Wildman–Crippen MR) is 71.8 cm³/mol. The van der Waals surface area contributed by atoms with E-state index in [-0.39, 0.29) is 6.61 Å². The largest absolute Gasteiger partial charge is 0.468 e. The molecule has 3 heteroatoms. The second kappa shape index (κ2) is 7.45. The van der Waals surface area contributed by atoms with Crippen LogP contribution in [0.25, 0.3) is 6.08 Å². The molecule has 0 bridgehead atoms. The summed E-state index contributed by atoms with van der Waals surface area (Å²) in [7, 11) is 1.32. The third kappa shape index (κ3) is 4.18. The van der Waals surface area contributed by atoms with E-state index in [1.165, 1.54) is 7.11 Å². The highest BCUT2D eigenvalue weighted by Gasteiger charge is 2.19. The zero-order valence-electron chi connectivity index (χ0n) is 10.7. The van der Waals surface area contributed by atoms with Gasteiger partial charge in [-0.15, -0.1) is 0 Å². The smallest absolute Gasteiger partial charge is 0.315 e. The van der Waals surface area contributed by atoms with E-state index in [1.54, 1.807) is 6.92 Å². The molecule has 18 heavy (non-hydrogen) atoms.